The average molecular weight is 269 g/mol. The van der Waals surface area contributed by atoms with E-state index in [1.165, 1.54) is 0 Å². The second-order valence-electron chi connectivity index (χ2n) is 0.976. The van der Waals surface area contributed by atoms with E-state index < -0.39 is 15.6 Å². The summed E-state index contributed by atoms with van der Waals surface area (Å²) in [5.41, 5.74) is 0. The summed E-state index contributed by atoms with van der Waals surface area (Å²) < 4.78 is 21.2. The van der Waals surface area contributed by atoms with Gasteiger partial charge < -0.3 is 33.0 Å². The van der Waals surface area contributed by atoms with Gasteiger partial charge in [0.15, 0.2) is 0 Å². The van der Waals surface area contributed by atoms with Gasteiger partial charge in [0.1, 0.15) is 0 Å². The molecule has 0 bridgehead atoms. The first-order chi connectivity index (χ1) is 3.71. The molecule has 0 rings (SSSR count). The van der Waals surface area contributed by atoms with Crippen LogP contribution in [0.2, 0.25) is 0 Å². The van der Waals surface area contributed by atoms with Crippen molar-refractivity contribution in [1.82, 2.24) is 0 Å². The first kappa shape index (κ1) is 19.1. The Morgan fingerprint density at radius 2 is 1.09 bits per heavy atom. The van der Waals surface area contributed by atoms with Crippen molar-refractivity contribution >= 4 is 15.6 Å². The fraction of sp³-hybridized carbons (Fsp3) is 0. The molecule has 0 saturated carbocycles. The van der Waals surface area contributed by atoms with Crippen LogP contribution in [0, 0.1) is 0 Å². The molecule has 0 N–H and O–H groups in total. The molecule has 0 aliphatic carbocycles. The molecule has 61 valence electrons. The van der Waals surface area contributed by atoms with Crippen LogP contribution >= 0.6 is 15.6 Å². The van der Waals surface area contributed by atoms with E-state index in [1.807, 2.05) is 0 Å². The normalized spacial score (nSPS) is 11.3. The van der Waals surface area contributed by atoms with E-state index in [2.05, 4.69) is 4.31 Å². The summed E-state index contributed by atoms with van der Waals surface area (Å²) in [7, 11) is -11.4. The number of hydrogen-bond acceptors (Lipinski definition) is 7. The van der Waals surface area contributed by atoms with Crippen molar-refractivity contribution in [3.05, 3.63) is 0 Å². The molecule has 11 heteroatoms. The molecule has 0 atom stereocenters. The Kier molecular flexibility index (Phi) is 11.8. The summed E-state index contributed by atoms with van der Waals surface area (Å²) in [6.45, 7) is 0. The molecule has 0 aromatic rings. The Hall–Kier alpha value is 2.42. The summed E-state index contributed by atoms with van der Waals surface area (Å²) in [4.78, 5) is 37.3. The predicted molar refractivity (Wildman–Crippen MR) is 16.3 cm³/mol. The molecule has 0 saturated heterocycles. The van der Waals surface area contributed by atoms with Gasteiger partial charge >= 0.3 is 68.5 Å². The van der Waals surface area contributed by atoms with Gasteiger partial charge in [-0.3, -0.25) is 0 Å². The van der Waals surface area contributed by atoms with Crippen LogP contribution in [-0.2, 0) is 30.5 Å². The Morgan fingerprint density at radius 1 is 0.909 bits per heavy atom. The first-order valence-electron chi connectivity index (χ1n) is 1.46. The molecule has 0 aliphatic rings. The van der Waals surface area contributed by atoms with E-state index in [4.69, 9.17) is 0 Å². The maximum absolute atomic E-state index is 9.32. The molecule has 0 spiro atoms. The third kappa shape index (κ3) is 19.0. The van der Waals surface area contributed by atoms with Crippen LogP contribution in [0.3, 0.4) is 0 Å². The zero-order valence-corrected chi connectivity index (χ0v) is 11.1. The summed E-state index contributed by atoms with van der Waals surface area (Å²) in [5, 5.41) is 0. The first-order valence-corrected chi connectivity index (χ1v) is 4.38. The van der Waals surface area contributed by atoms with Crippen molar-refractivity contribution < 1.29 is 101 Å². The molecule has 1 radical (unpaired) electrons. The summed E-state index contributed by atoms with van der Waals surface area (Å²) in [5.74, 6) is 0. The van der Waals surface area contributed by atoms with Crippen molar-refractivity contribution in [3.8, 4) is 0 Å². The van der Waals surface area contributed by atoms with Crippen LogP contribution in [-0.4, -0.2) is 0 Å². The molecule has 7 nitrogen and oxygen atoms in total. The van der Waals surface area contributed by atoms with Crippen LogP contribution in [0.4, 0.5) is 0 Å². The number of rotatable bonds is 2. The molecule has 0 heterocycles. The zero-order valence-electron chi connectivity index (χ0n) is 5.11. The van der Waals surface area contributed by atoms with E-state index in [-0.39, 0.29) is 68.5 Å². The molecule has 0 unspecified atom stereocenters. The van der Waals surface area contributed by atoms with E-state index in [1.54, 1.807) is 0 Å². The van der Waals surface area contributed by atoms with E-state index in [0.717, 1.165) is 0 Å². The molecule has 0 aromatic carbocycles. The Balaban J connectivity index is -0.000000320. The van der Waals surface area contributed by atoms with E-state index in [9.17, 15) is 28.7 Å². The molecule has 11 heavy (non-hydrogen) atoms. The second-order valence-corrected chi connectivity index (χ2v) is 3.42. The second kappa shape index (κ2) is 6.81. The van der Waals surface area contributed by atoms with Crippen LogP contribution < -0.4 is 71.0 Å². The van der Waals surface area contributed by atoms with Crippen molar-refractivity contribution in [2.75, 3.05) is 0 Å². The van der Waals surface area contributed by atoms with Gasteiger partial charge in [-0.15, -0.1) is 0 Å². The van der Waals surface area contributed by atoms with Gasteiger partial charge in [-0.1, -0.05) is 0 Å². The Labute approximate surface area is 115 Å². The minimum Gasteiger partial charge on any atom is -0.790 e. The minimum absolute atomic E-state index is 0. The monoisotopic (exact) mass is 269 g/mol. The number of phosphoric acid groups is 2. The molecule has 0 fully saturated rings. The molecular formula is FeKO7P2. The van der Waals surface area contributed by atoms with Gasteiger partial charge in [0.05, 0.1) is 15.6 Å². The van der Waals surface area contributed by atoms with Gasteiger partial charge in [-0.2, -0.15) is 0 Å². The average Bonchev–Trinajstić information content (AvgIpc) is 1.14. The smallest absolute Gasteiger partial charge is 0.790 e. The van der Waals surface area contributed by atoms with Crippen molar-refractivity contribution in [2.24, 2.45) is 0 Å². The third-order valence-corrected chi connectivity index (χ3v) is 1.80. The minimum atomic E-state index is -5.68. The van der Waals surface area contributed by atoms with Gasteiger partial charge in [0.25, 0.3) is 0 Å². The quantitative estimate of drug-likeness (QED) is 0.359. The standard InChI is InChI=1S/Fe.K.H4O7P2/c;;1-8(2,3)7-9(4,5)6/h;;(H2,1,2,3)(H2,4,5,6)/q+3;+1;/p-4. The topological polar surface area (TPSA) is 136 Å². The largest absolute Gasteiger partial charge is 3.00 e. The van der Waals surface area contributed by atoms with Gasteiger partial charge in [-0.05, 0) is 0 Å². The van der Waals surface area contributed by atoms with Crippen molar-refractivity contribution in [3.63, 3.8) is 0 Å². The van der Waals surface area contributed by atoms with Crippen molar-refractivity contribution in [1.29, 1.82) is 0 Å². The summed E-state index contributed by atoms with van der Waals surface area (Å²) in [6, 6.07) is 0. The van der Waals surface area contributed by atoms with Crippen LogP contribution in [0.1, 0.15) is 0 Å². The van der Waals surface area contributed by atoms with Crippen molar-refractivity contribution in [2.45, 2.75) is 0 Å². The van der Waals surface area contributed by atoms with Gasteiger partial charge in [-0.25, -0.2) is 0 Å². The third-order valence-electron chi connectivity index (χ3n) is 0.200. The number of hydrogen-bond donors (Lipinski definition) is 0. The Bertz CT molecular complexity index is 157. The van der Waals surface area contributed by atoms with Crippen LogP contribution in [0.25, 0.3) is 0 Å². The maximum atomic E-state index is 9.32. The molecule has 0 aromatic heterocycles. The van der Waals surface area contributed by atoms with E-state index in [0.29, 0.717) is 0 Å². The maximum Gasteiger partial charge on any atom is 3.00 e. The molecular weight excluding hydrogens is 269 g/mol. The summed E-state index contributed by atoms with van der Waals surface area (Å²) >= 11 is 0. The zero-order chi connectivity index (χ0) is 7.71. The van der Waals surface area contributed by atoms with Gasteiger partial charge in [0, 0.05) is 0 Å². The predicted octanol–water partition coefficient (Wildman–Crippen LogP) is -6.34. The fourth-order valence-corrected chi connectivity index (χ4v) is 1.10. The van der Waals surface area contributed by atoms with Crippen LogP contribution in [0.5, 0.6) is 0 Å². The fourth-order valence-electron chi connectivity index (χ4n) is 0.122. The SMILES string of the molecule is O=P([O-])([O-])OP(=O)([O-])[O-].[Fe+3].[K+]. The molecule has 0 aliphatic heterocycles. The van der Waals surface area contributed by atoms with Gasteiger partial charge in [0.2, 0.25) is 0 Å². The Morgan fingerprint density at radius 3 is 1.09 bits per heavy atom. The van der Waals surface area contributed by atoms with E-state index >= 15 is 0 Å². The molecule has 0 amide bonds. The van der Waals surface area contributed by atoms with Crippen LogP contribution in [0.15, 0.2) is 0 Å². The summed E-state index contributed by atoms with van der Waals surface area (Å²) in [6.07, 6.45) is 0.